The smallest absolute Gasteiger partial charge is 0.0947 e. The number of fused-ring (bicyclic) bond motifs is 1. The van der Waals surface area contributed by atoms with Gasteiger partial charge in [-0.3, -0.25) is 5.43 Å². The molecule has 1 aliphatic carbocycles. The minimum atomic E-state index is 0.466. The van der Waals surface area contributed by atoms with E-state index >= 15 is 0 Å². The summed E-state index contributed by atoms with van der Waals surface area (Å²) >= 11 is 0. The first-order chi connectivity index (χ1) is 7.23. The van der Waals surface area contributed by atoms with Crippen LogP contribution in [0, 0.1) is 5.41 Å². The molecule has 0 aromatic heterocycles. The van der Waals surface area contributed by atoms with Crippen LogP contribution in [-0.4, -0.2) is 12.1 Å². The second kappa shape index (κ2) is 4.50. The molecule has 86 valence electrons. The predicted molar refractivity (Wildman–Crippen MR) is 61.7 cm³/mol. The zero-order valence-corrected chi connectivity index (χ0v) is 10.00. The molecule has 2 rings (SSSR count). The van der Waals surface area contributed by atoms with E-state index in [1.54, 1.807) is 0 Å². The van der Waals surface area contributed by atoms with E-state index in [1.165, 1.54) is 44.9 Å². The summed E-state index contributed by atoms with van der Waals surface area (Å²) in [6.07, 6.45) is 9.22. The molecule has 0 radical (unpaired) electrons. The van der Waals surface area contributed by atoms with Crippen LogP contribution in [0.1, 0.15) is 58.8 Å². The van der Waals surface area contributed by atoms with Crippen molar-refractivity contribution in [2.75, 3.05) is 0 Å². The van der Waals surface area contributed by atoms with Gasteiger partial charge in [0.25, 0.3) is 0 Å². The molecule has 1 aliphatic heterocycles. The molecule has 2 aliphatic rings. The maximum atomic E-state index is 4.28. The van der Waals surface area contributed by atoms with E-state index in [-0.39, 0.29) is 0 Å². The maximum absolute atomic E-state index is 4.28. The number of rotatable bonds is 3. The van der Waals surface area contributed by atoms with Crippen LogP contribution < -0.4 is 5.43 Å². The van der Waals surface area contributed by atoms with Crippen LogP contribution in [0.4, 0.5) is 0 Å². The Labute approximate surface area is 92.7 Å². The summed E-state index contributed by atoms with van der Waals surface area (Å²) in [5.74, 6) is 0. The van der Waals surface area contributed by atoms with Crippen LogP contribution in [0.25, 0.3) is 0 Å². The van der Waals surface area contributed by atoms with E-state index in [4.69, 9.17) is 0 Å². The number of nitrogens with zero attached hydrogens (tertiary/aromatic N) is 2. The summed E-state index contributed by atoms with van der Waals surface area (Å²) in [5, 5.41) is 8.23. The highest BCUT2D eigenvalue weighted by Gasteiger charge is 2.35. The third-order valence-electron chi connectivity index (χ3n) is 4.13. The van der Waals surface area contributed by atoms with Gasteiger partial charge in [0.05, 0.1) is 12.1 Å². The van der Waals surface area contributed by atoms with Crippen LogP contribution in [0.3, 0.4) is 0 Å². The van der Waals surface area contributed by atoms with Crippen molar-refractivity contribution < 1.29 is 0 Å². The maximum Gasteiger partial charge on any atom is 0.0947 e. The molecule has 3 heteroatoms. The fraction of sp³-hybridized carbons (Fsp3) is 1.00. The zero-order valence-electron chi connectivity index (χ0n) is 10.00. The molecule has 0 bridgehead atoms. The van der Waals surface area contributed by atoms with Gasteiger partial charge in [0.1, 0.15) is 0 Å². The van der Waals surface area contributed by atoms with Crippen LogP contribution in [0.15, 0.2) is 10.3 Å². The largest absolute Gasteiger partial charge is 0.286 e. The predicted octanol–water partition coefficient (Wildman–Crippen LogP) is 3.46. The van der Waals surface area contributed by atoms with E-state index in [9.17, 15) is 0 Å². The molecule has 1 saturated carbocycles. The Hall–Kier alpha value is -0.600. The fourth-order valence-corrected chi connectivity index (χ4v) is 2.84. The van der Waals surface area contributed by atoms with Gasteiger partial charge in [0, 0.05) is 0 Å². The Bertz CT molecular complexity index is 239. The molecule has 3 atom stereocenters. The first-order valence-corrected chi connectivity index (χ1v) is 6.39. The van der Waals surface area contributed by atoms with E-state index < -0.39 is 0 Å². The molecule has 3 unspecified atom stereocenters. The van der Waals surface area contributed by atoms with Crippen molar-refractivity contribution in [3.63, 3.8) is 0 Å². The lowest BCUT2D eigenvalue weighted by Crippen LogP contribution is -2.28. The Morgan fingerprint density at radius 3 is 2.93 bits per heavy atom. The van der Waals surface area contributed by atoms with Gasteiger partial charge in [-0.2, -0.15) is 5.11 Å². The molecule has 0 aromatic carbocycles. The van der Waals surface area contributed by atoms with Crippen LogP contribution >= 0.6 is 0 Å². The normalized spacial score (nSPS) is 39.6. The molecular formula is C12H23N3. The molecule has 0 amide bonds. The van der Waals surface area contributed by atoms with Crippen molar-refractivity contribution in [3.8, 4) is 0 Å². The minimum Gasteiger partial charge on any atom is -0.286 e. The van der Waals surface area contributed by atoms with Crippen LogP contribution in [0.2, 0.25) is 0 Å². The second-order valence-corrected chi connectivity index (χ2v) is 5.51. The topological polar surface area (TPSA) is 36.8 Å². The van der Waals surface area contributed by atoms with Gasteiger partial charge in [0.2, 0.25) is 0 Å². The van der Waals surface area contributed by atoms with Crippen LogP contribution in [-0.2, 0) is 0 Å². The Balaban J connectivity index is 1.91. The summed E-state index contributed by atoms with van der Waals surface area (Å²) in [6, 6.07) is 1.00. The fourth-order valence-electron chi connectivity index (χ4n) is 2.84. The summed E-state index contributed by atoms with van der Waals surface area (Å²) in [6.45, 7) is 4.74. The number of hydrogen-bond donors (Lipinski definition) is 1. The van der Waals surface area contributed by atoms with Gasteiger partial charge in [-0.25, -0.2) is 0 Å². The molecule has 1 fully saturated rings. The molecule has 0 saturated heterocycles. The Kier molecular flexibility index (Phi) is 3.27. The molecule has 15 heavy (non-hydrogen) atoms. The summed E-state index contributed by atoms with van der Waals surface area (Å²) in [4.78, 5) is 0. The average molecular weight is 209 g/mol. The molecule has 1 N–H and O–H groups in total. The Morgan fingerprint density at radius 2 is 2.13 bits per heavy atom. The van der Waals surface area contributed by atoms with Gasteiger partial charge < -0.3 is 0 Å². The van der Waals surface area contributed by atoms with E-state index in [2.05, 4.69) is 29.6 Å². The second-order valence-electron chi connectivity index (χ2n) is 5.51. The molecule has 0 spiro atoms. The SMILES string of the molecule is CCCCC1(C)CCC2N=NNC2CC1. The van der Waals surface area contributed by atoms with Crippen molar-refractivity contribution in [2.45, 2.75) is 70.9 Å². The van der Waals surface area contributed by atoms with Crippen LogP contribution in [0.5, 0.6) is 0 Å². The first-order valence-electron chi connectivity index (χ1n) is 6.39. The molecule has 3 nitrogen and oxygen atoms in total. The van der Waals surface area contributed by atoms with E-state index in [1.807, 2.05) is 0 Å². The van der Waals surface area contributed by atoms with Gasteiger partial charge in [-0.15, -0.1) is 0 Å². The van der Waals surface area contributed by atoms with Gasteiger partial charge in [-0.05, 0) is 37.5 Å². The summed E-state index contributed by atoms with van der Waals surface area (Å²) < 4.78 is 0. The molecular weight excluding hydrogens is 186 g/mol. The number of hydrogen-bond acceptors (Lipinski definition) is 3. The van der Waals surface area contributed by atoms with Crippen molar-refractivity contribution in [1.82, 2.24) is 5.43 Å². The van der Waals surface area contributed by atoms with Crippen molar-refractivity contribution >= 4 is 0 Å². The highest BCUT2D eigenvalue weighted by atomic mass is 15.5. The monoisotopic (exact) mass is 209 g/mol. The van der Waals surface area contributed by atoms with Gasteiger partial charge >= 0.3 is 0 Å². The Morgan fingerprint density at radius 1 is 1.33 bits per heavy atom. The zero-order chi connectivity index (χ0) is 10.7. The lowest BCUT2D eigenvalue weighted by Gasteiger charge is -2.28. The minimum absolute atomic E-state index is 0.466. The van der Waals surface area contributed by atoms with Crippen molar-refractivity contribution in [2.24, 2.45) is 15.8 Å². The first kappa shape index (κ1) is 10.9. The highest BCUT2D eigenvalue weighted by molar-refractivity contribution is 4.91. The van der Waals surface area contributed by atoms with Crippen molar-refractivity contribution in [1.29, 1.82) is 0 Å². The average Bonchev–Trinajstić information content (AvgIpc) is 2.63. The molecule has 1 heterocycles. The summed E-state index contributed by atoms with van der Waals surface area (Å²) in [7, 11) is 0. The third-order valence-corrected chi connectivity index (χ3v) is 4.13. The van der Waals surface area contributed by atoms with Gasteiger partial charge in [0.15, 0.2) is 0 Å². The van der Waals surface area contributed by atoms with Gasteiger partial charge in [-0.1, -0.05) is 31.9 Å². The standard InChI is InChI=1S/C12H23N3/c1-3-4-7-12(2)8-5-10-11(6-9-12)14-15-13-10/h10-11H,3-9H2,1-2H3,(H,13,14). The van der Waals surface area contributed by atoms with E-state index in [0.29, 0.717) is 17.5 Å². The van der Waals surface area contributed by atoms with E-state index in [0.717, 1.165) is 0 Å². The summed E-state index contributed by atoms with van der Waals surface area (Å²) in [5.41, 5.74) is 3.72. The van der Waals surface area contributed by atoms with Crippen molar-refractivity contribution in [3.05, 3.63) is 0 Å². The lowest BCUT2D eigenvalue weighted by molar-refractivity contribution is 0.243. The molecule has 0 aromatic rings. The highest BCUT2D eigenvalue weighted by Crippen LogP contribution is 2.40. The number of unbranched alkanes of at least 4 members (excludes halogenated alkanes) is 1. The quantitative estimate of drug-likeness (QED) is 0.759. The third kappa shape index (κ3) is 2.50. The lowest BCUT2D eigenvalue weighted by atomic mass is 9.78. The number of nitrogens with one attached hydrogen (secondary N) is 1.